The number of fused-ring (bicyclic) bond motifs is 1. The molecule has 1 fully saturated rings. The van der Waals surface area contributed by atoms with Gasteiger partial charge in [0.1, 0.15) is 0 Å². The summed E-state index contributed by atoms with van der Waals surface area (Å²) in [7, 11) is -0.860. The summed E-state index contributed by atoms with van der Waals surface area (Å²) in [5, 5.41) is 1.89. The van der Waals surface area contributed by atoms with E-state index in [0.29, 0.717) is 12.3 Å². The number of benzene rings is 1. The van der Waals surface area contributed by atoms with Crippen LogP contribution in [0.4, 0.5) is 0 Å². The van der Waals surface area contributed by atoms with E-state index < -0.39 is 9.84 Å². The Morgan fingerprint density at radius 2 is 2.15 bits per heavy atom. The van der Waals surface area contributed by atoms with Gasteiger partial charge in [0.15, 0.2) is 9.84 Å². The average Bonchev–Trinajstić information content (AvgIpc) is 2.92. The van der Waals surface area contributed by atoms with Crippen LogP contribution in [-0.4, -0.2) is 37.9 Å². The molecule has 2 aromatic rings. The third kappa shape index (κ3) is 2.72. The lowest BCUT2D eigenvalue weighted by molar-refractivity contribution is 0.256. The summed E-state index contributed by atoms with van der Waals surface area (Å²) in [5.74, 6) is 0.578. The molecule has 1 aliphatic rings. The molecule has 1 aliphatic heterocycles. The summed E-state index contributed by atoms with van der Waals surface area (Å²) >= 11 is 8.12. The highest BCUT2D eigenvalue weighted by Crippen LogP contribution is 2.36. The number of nitrogens with zero attached hydrogens (tertiary/aromatic N) is 1. The standard InChI is InChI=1S/C14H16ClNO2S2/c1-16(10-6-7-20(17,18)9-10)8-13-14(15)11-4-2-3-5-12(11)19-13/h2-5,10H,6-9H2,1H3. The lowest BCUT2D eigenvalue weighted by Gasteiger charge is -2.22. The van der Waals surface area contributed by atoms with E-state index in [1.54, 1.807) is 11.3 Å². The number of sulfone groups is 1. The minimum Gasteiger partial charge on any atom is -0.297 e. The Kier molecular flexibility index (Phi) is 3.79. The maximum Gasteiger partial charge on any atom is 0.151 e. The van der Waals surface area contributed by atoms with E-state index in [-0.39, 0.29) is 11.8 Å². The van der Waals surface area contributed by atoms with Gasteiger partial charge in [0.25, 0.3) is 0 Å². The fraction of sp³-hybridized carbons (Fsp3) is 0.429. The predicted octanol–water partition coefficient (Wildman–Crippen LogP) is 3.17. The molecule has 1 saturated heterocycles. The molecule has 1 aromatic heterocycles. The van der Waals surface area contributed by atoms with Crippen molar-refractivity contribution in [2.75, 3.05) is 18.6 Å². The van der Waals surface area contributed by atoms with Crippen molar-refractivity contribution in [1.29, 1.82) is 0 Å². The van der Waals surface area contributed by atoms with E-state index in [2.05, 4.69) is 11.0 Å². The van der Waals surface area contributed by atoms with E-state index in [9.17, 15) is 8.42 Å². The predicted molar refractivity (Wildman–Crippen MR) is 85.4 cm³/mol. The highest BCUT2D eigenvalue weighted by molar-refractivity contribution is 7.91. The molecule has 0 spiro atoms. The van der Waals surface area contributed by atoms with Crippen LogP contribution in [0.15, 0.2) is 24.3 Å². The minimum atomic E-state index is -2.84. The Morgan fingerprint density at radius 1 is 1.40 bits per heavy atom. The summed E-state index contributed by atoms with van der Waals surface area (Å²) in [6.07, 6.45) is 0.724. The second-order valence-corrected chi connectivity index (χ2v) is 9.05. The van der Waals surface area contributed by atoms with Crippen LogP contribution in [0.2, 0.25) is 5.02 Å². The maximum atomic E-state index is 11.6. The van der Waals surface area contributed by atoms with Crippen molar-refractivity contribution in [1.82, 2.24) is 4.90 Å². The van der Waals surface area contributed by atoms with Gasteiger partial charge in [-0.25, -0.2) is 8.42 Å². The molecule has 0 radical (unpaired) electrons. The summed E-state index contributed by atoms with van der Waals surface area (Å²) in [5.41, 5.74) is 0. The van der Waals surface area contributed by atoms with Gasteiger partial charge in [-0.05, 0) is 19.5 Å². The second kappa shape index (κ2) is 5.30. The number of hydrogen-bond donors (Lipinski definition) is 0. The molecule has 0 aliphatic carbocycles. The minimum absolute atomic E-state index is 0.112. The molecule has 1 unspecified atom stereocenters. The van der Waals surface area contributed by atoms with Crippen LogP contribution in [0.5, 0.6) is 0 Å². The Bertz CT molecular complexity index is 739. The zero-order chi connectivity index (χ0) is 14.3. The van der Waals surface area contributed by atoms with Crippen LogP contribution in [0.1, 0.15) is 11.3 Å². The maximum absolute atomic E-state index is 11.6. The molecule has 2 heterocycles. The van der Waals surface area contributed by atoms with Crippen molar-refractivity contribution in [3.8, 4) is 0 Å². The fourth-order valence-electron chi connectivity index (χ4n) is 2.65. The molecule has 3 rings (SSSR count). The van der Waals surface area contributed by atoms with Crippen molar-refractivity contribution in [2.45, 2.75) is 19.0 Å². The molecular weight excluding hydrogens is 314 g/mol. The summed E-state index contributed by atoms with van der Waals surface area (Å²) in [4.78, 5) is 3.22. The first-order valence-corrected chi connectivity index (χ1v) is 9.54. The largest absolute Gasteiger partial charge is 0.297 e. The van der Waals surface area contributed by atoms with Crippen molar-refractivity contribution in [2.24, 2.45) is 0 Å². The molecule has 1 aromatic carbocycles. The van der Waals surface area contributed by atoms with Gasteiger partial charge < -0.3 is 0 Å². The number of hydrogen-bond acceptors (Lipinski definition) is 4. The van der Waals surface area contributed by atoms with E-state index in [1.807, 2.05) is 25.2 Å². The van der Waals surface area contributed by atoms with Gasteiger partial charge in [0, 0.05) is 27.5 Å². The van der Waals surface area contributed by atoms with Crippen molar-refractivity contribution in [3.05, 3.63) is 34.2 Å². The van der Waals surface area contributed by atoms with E-state index in [0.717, 1.165) is 21.7 Å². The van der Waals surface area contributed by atoms with Crippen molar-refractivity contribution in [3.63, 3.8) is 0 Å². The first kappa shape index (κ1) is 14.3. The van der Waals surface area contributed by atoms with E-state index in [1.165, 1.54) is 4.70 Å². The summed E-state index contributed by atoms with van der Waals surface area (Å²) in [6.45, 7) is 0.707. The van der Waals surface area contributed by atoms with Crippen molar-refractivity contribution < 1.29 is 8.42 Å². The Labute approximate surface area is 128 Å². The highest BCUT2D eigenvalue weighted by atomic mass is 35.5. The third-order valence-corrected chi connectivity index (χ3v) is 7.28. The van der Waals surface area contributed by atoms with Crippen LogP contribution in [0.25, 0.3) is 10.1 Å². The molecule has 0 bridgehead atoms. The SMILES string of the molecule is CN(Cc1sc2ccccc2c1Cl)C1CCS(=O)(=O)C1. The van der Waals surface area contributed by atoms with Crippen LogP contribution in [0.3, 0.4) is 0 Å². The molecular formula is C14H16ClNO2S2. The Balaban J connectivity index is 1.81. The Morgan fingerprint density at radius 3 is 2.80 bits per heavy atom. The van der Waals surface area contributed by atoms with Gasteiger partial charge in [-0.1, -0.05) is 29.8 Å². The van der Waals surface area contributed by atoms with Gasteiger partial charge in [-0.3, -0.25) is 4.90 Å². The molecule has 6 heteroatoms. The molecule has 108 valence electrons. The van der Waals surface area contributed by atoms with Crippen molar-refractivity contribution >= 4 is 42.9 Å². The topological polar surface area (TPSA) is 37.4 Å². The number of halogens is 1. The smallest absolute Gasteiger partial charge is 0.151 e. The molecule has 1 atom stereocenters. The van der Waals surface area contributed by atoms with Gasteiger partial charge in [0.2, 0.25) is 0 Å². The Hall–Kier alpha value is -0.620. The zero-order valence-electron chi connectivity index (χ0n) is 11.2. The van der Waals surface area contributed by atoms with Gasteiger partial charge in [0.05, 0.1) is 16.5 Å². The van der Waals surface area contributed by atoms with Gasteiger partial charge in [-0.2, -0.15) is 0 Å². The number of thiophene rings is 1. The summed E-state index contributed by atoms with van der Waals surface area (Å²) < 4.78 is 24.3. The second-order valence-electron chi connectivity index (χ2n) is 5.31. The monoisotopic (exact) mass is 329 g/mol. The van der Waals surface area contributed by atoms with Gasteiger partial charge in [-0.15, -0.1) is 11.3 Å². The van der Waals surface area contributed by atoms with E-state index in [4.69, 9.17) is 11.6 Å². The molecule has 0 amide bonds. The summed E-state index contributed by atoms with van der Waals surface area (Å²) in [6, 6.07) is 8.19. The normalized spacial score (nSPS) is 21.9. The molecule has 0 N–H and O–H groups in total. The quantitative estimate of drug-likeness (QED) is 0.868. The fourth-order valence-corrected chi connectivity index (χ4v) is 6.01. The molecule has 3 nitrogen and oxygen atoms in total. The van der Waals surface area contributed by atoms with Crippen LogP contribution in [-0.2, 0) is 16.4 Å². The number of rotatable bonds is 3. The van der Waals surface area contributed by atoms with Gasteiger partial charge >= 0.3 is 0 Å². The first-order valence-electron chi connectivity index (χ1n) is 6.53. The lowest BCUT2D eigenvalue weighted by atomic mass is 10.2. The highest BCUT2D eigenvalue weighted by Gasteiger charge is 2.31. The molecule has 0 saturated carbocycles. The van der Waals surface area contributed by atoms with Crippen LogP contribution < -0.4 is 0 Å². The molecule has 20 heavy (non-hydrogen) atoms. The van der Waals surface area contributed by atoms with Crippen LogP contribution >= 0.6 is 22.9 Å². The van der Waals surface area contributed by atoms with E-state index >= 15 is 0 Å². The average molecular weight is 330 g/mol. The first-order chi connectivity index (χ1) is 9.46. The zero-order valence-corrected chi connectivity index (χ0v) is 13.6. The third-order valence-electron chi connectivity index (χ3n) is 3.83. The van der Waals surface area contributed by atoms with Crippen LogP contribution in [0, 0.1) is 0 Å². The lowest BCUT2D eigenvalue weighted by Crippen LogP contribution is -2.31.